The Morgan fingerprint density at radius 3 is 1.00 bits per heavy atom. The van der Waals surface area contributed by atoms with Gasteiger partial charge < -0.3 is 25.5 Å². The molecule has 0 aliphatic heterocycles. The summed E-state index contributed by atoms with van der Waals surface area (Å²) in [7, 11) is 0. The second kappa shape index (κ2) is 22.8. The van der Waals surface area contributed by atoms with Gasteiger partial charge in [0.05, 0.1) is 19.8 Å². The zero-order valence-corrected chi connectivity index (χ0v) is 16.5. The Kier molecular flexibility index (Phi) is 23.7. The summed E-state index contributed by atoms with van der Waals surface area (Å²) in [5, 5.41) is 42.3. The fourth-order valence-electron chi connectivity index (χ4n) is 2.55. The van der Waals surface area contributed by atoms with Gasteiger partial charge in [-0.05, 0) is 12.8 Å². The van der Waals surface area contributed by atoms with E-state index < -0.39 is 11.9 Å². The van der Waals surface area contributed by atoms with E-state index in [0.29, 0.717) is 19.6 Å². The Bertz CT molecular complexity index is 304. The molecule has 0 heterocycles. The quantitative estimate of drug-likeness (QED) is 0.222. The lowest BCUT2D eigenvalue weighted by atomic mass is 10.1. The highest BCUT2D eigenvalue weighted by Crippen LogP contribution is 2.11. The average Bonchev–Trinajstić information content (AvgIpc) is 2.60. The van der Waals surface area contributed by atoms with E-state index in [-0.39, 0.29) is 32.7 Å². The van der Waals surface area contributed by atoms with Crippen molar-refractivity contribution in [1.82, 2.24) is 4.90 Å². The van der Waals surface area contributed by atoms with Crippen LogP contribution in [0.15, 0.2) is 0 Å². The van der Waals surface area contributed by atoms with Crippen LogP contribution in [0, 0.1) is 0 Å². The first-order valence-electron chi connectivity index (χ1n) is 9.96. The van der Waals surface area contributed by atoms with Crippen LogP contribution in [0.4, 0.5) is 0 Å². The van der Waals surface area contributed by atoms with E-state index in [1.807, 2.05) is 0 Å². The van der Waals surface area contributed by atoms with Gasteiger partial charge in [0.25, 0.3) is 0 Å². The van der Waals surface area contributed by atoms with E-state index in [2.05, 4.69) is 0 Å². The van der Waals surface area contributed by atoms with Gasteiger partial charge in [-0.15, -0.1) is 0 Å². The normalized spacial score (nSPS) is 10.5. The molecule has 0 aromatic rings. The molecule has 0 rings (SSSR count). The van der Waals surface area contributed by atoms with Crippen LogP contribution in [-0.2, 0) is 9.59 Å². The van der Waals surface area contributed by atoms with Crippen LogP contribution < -0.4 is 0 Å². The van der Waals surface area contributed by atoms with Gasteiger partial charge in [0.1, 0.15) is 0 Å². The lowest BCUT2D eigenvalue weighted by Crippen LogP contribution is -2.32. The molecule has 162 valence electrons. The zero-order valence-electron chi connectivity index (χ0n) is 16.5. The first-order chi connectivity index (χ1) is 13.0. The first kappa shape index (κ1) is 28.0. The Morgan fingerprint density at radius 2 is 0.778 bits per heavy atom. The molecule has 8 nitrogen and oxygen atoms in total. The van der Waals surface area contributed by atoms with Crippen molar-refractivity contribution in [2.75, 3.05) is 39.5 Å². The van der Waals surface area contributed by atoms with Crippen LogP contribution >= 0.6 is 0 Å². The van der Waals surface area contributed by atoms with E-state index in [0.717, 1.165) is 38.5 Å². The van der Waals surface area contributed by atoms with Crippen LogP contribution in [-0.4, -0.2) is 81.8 Å². The van der Waals surface area contributed by atoms with Crippen molar-refractivity contribution in [1.29, 1.82) is 0 Å². The van der Waals surface area contributed by atoms with Crippen LogP contribution in [0.1, 0.15) is 70.6 Å². The second-order valence-corrected chi connectivity index (χ2v) is 6.48. The van der Waals surface area contributed by atoms with Crippen molar-refractivity contribution < 1.29 is 35.1 Å². The van der Waals surface area contributed by atoms with Gasteiger partial charge in [0, 0.05) is 32.5 Å². The third kappa shape index (κ3) is 27.1. The monoisotopic (exact) mass is 393 g/mol. The molecule has 0 atom stereocenters. The fraction of sp³-hybridized carbons (Fsp3) is 0.895. The molecule has 5 N–H and O–H groups in total. The maximum Gasteiger partial charge on any atom is 0.303 e. The molecule has 0 saturated carbocycles. The standard InChI is InChI=1S/C13H24O4.C6H15NO3/c14-12(15)10-8-6-4-2-1-3-5-7-9-11-13(16)17;8-4-1-7(2-5-9)3-6-10/h1-11H2,(H,14,15)(H,16,17);8-10H,1-6H2. The summed E-state index contributed by atoms with van der Waals surface area (Å²) in [6.07, 6.45) is 9.89. The summed E-state index contributed by atoms with van der Waals surface area (Å²) in [6, 6.07) is 0. The van der Waals surface area contributed by atoms with Crippen LogP contribution in [0.25, 0.3) is 0 Å². The molecule has 0 amide bonds. The highest BCUT2D eigenvalue weighted by molar-refractivity contribution is 5.66. The molecule has 0 bridgehead atoms. The molecule has 0 aliphatic rings. The number of aliphatic hydroxyl groups excluding tert-OH is 3. The van der Waals surface area contributed by atoms with Crippen molar-refractivity contribution in [3.05, 3.63) is 0 Å². The number of aliphatic carboxylic acids is 2. The van der Waals surface area contributed by atoms with Gasteiger partial charge in [0.15, 0.2) is 0 Å². The van der Waals surface area contributed by atoms with Gasteiger partial charge in [-0.25, -0.2) is 0 Å². The number of carboxylic acid groups (broad SMARTS) is 2. The van der Waals surface area contributed by atoms with E-state index >= 15 is 0 Å². The van der Waals surface area contributed by atoms with Crippen LogP contribution in [0.2, 0.25) is 0 Å². The number of rotatable bonds is 18. The summed E-state index contributed by atoms with van der Waals surface area (Å²) in [5.74, 6) is -1.41. The summed E-state index contributed by atoms with van der Waals surface area (Å²) < 4.78 is 0. The van der Waals surface area contributed by atoms with Gasteiger partial charge in [-0.3, -0.25) is 14.5 Å². The van der Waals surface area contributed by atoms with Gasteiger partial charge in [-0.1, -0.05) is 44.9 Å². The summed E-state index contributed by atoms with van der Waals surface area (Å²) in [4.78, 5) is 22.3. The predicted molar refractivity (Wildman–Crippen MR) is 104 cm³/mol. The minimum absolute atomic E-state index is 0.0694. The lowest BCUT2D eigenvalue weighted by Gasteiger charge is -2.17. The largest absolute Gasteiger partial charge is 0.481 e. The van der Waals surface area contributed by atoms with Crippen molar-refractivity contribution in [3.8, 4) is 0 Å². The van der Waals surface area contributed by atoms with Crippen LogP contribution in [0.5, 0.6) is 0 Å². The minimum Gasteiger partial charge on any atom is -0.481 e. The van der Waals surface area contributed by atoms with E-state index in [9.17, 15) is 9.59 Å². The maximum atomic E-state index is 10.2. The molecule has 0 spiro atoms. The van der Waals surface area contributed by atoms with Crippen molar-refractivity contribution in [2.24, 2.45) is 0 Å². The van der Waals surface area contributed by atoms with E-state index in [4.69, 9.17) is 25.5 Å². The van der Waals surface area contributed by atoms with E-state index in [1.54, 1.807) is 4.90 Å². The smallest absolute Gasteiger partial charge is 0.303 e. The highest BCUT2D eigenvalue weighted by Gasteiger charge is 2.00. The first-order valence-corrected chi connectivity index (χ1v) is 9.96. The number of aliphatic hydroxyl groups is 3. The van der Waals surface area contributed by atoms with Gasteiger partial charge in [-0.2, -0.15) is 0 Å². The lowest BCUT2D eigenvalue weighted by molar-refractivity contribution is -0.138. The van der Waals surface area contributed by atoms with Gasteiger partial charge >= 0.3 is 11.9 Å². The molecule has 0 fully saturated rings. The SMILES string of the molecule is O=C(O)CCCCCCCCCCCC(=O)O.OCCN(CCO)CCO. The Hall–Kier alpha value is -1.22. The zero-order chi connectivity index (χ0) is 20.8. The fourth-order valence-corrected chi connectivity index (χ4v) is 2.55. The number of hydrogen-bond acceptors (Lipinski definition) is 6. The number of hydrogen-bond donors (Lipinski definition) is 5. The number of unbranched alkanes of at least 4 members (excludes halogenated alkanes) is 8. The predicted octanol–water partition coefficient (Wildman–Crippen LogP) is 1.71. The van der Waals surface area contributed by atoms with Crippen LogP contribution in [0.3, 0.4) is 0 Å². The topological polar surface area (TPSA) is 139 Å². The molecule has 0 aliphatic carbocycles. The highest BCUT2D eigenvalue weighted by atomic mass is 16.4. The third-order valence-electron chi connectivity index (χ3n) is 4.03. The van der Waals surface area contributed by atoms with Gasteiger partial charge in [0.2, 0.25) is 0 Å². The second-order valence-electron chi connectivity index (χ2n) is 6.48. The van der Waals surface area contributed by atoms with Crippen molar-refractivity contribution in [3.63, 3.8) is 0 Å². The molecule has 0 radical (unpaired) electrons. The molecule has 0 aromatic heterocycles. The number of carbonyl (C=O) groups is 2. The average molecular weight is 394 g/mol. The molecule has 0 aromatic carbocycles. The molecular formula is C19H39NO7. The summed E-state index contributed by atoms with van der Waals surface area (Å²) in [6.45, 7) is 1.75. The molecule has 0 saturated heterocycles. The summed E-state index contributed by atoms with van der Waals surface area (Å²) >= 11 is 0. The Balaban J connectivity index is 0. The Morgan fingerprint density at radius 1 is 0.519 bits per heavy atom. The minimum atomic E-state index is -0.705. The Labute approximate surface area is 162 Å². The van der Waals surface area contributed by atoms with Crippen molar-refractivity contribution in [2.45, 2.75) is 70.6 Å². The maximum absolute atomic E-state index is 10.2. The molecule has 0 unspecified atom stereocenters. The number of carboxylic acids is 2. The molecule has 27 heavy (non-hydrogen) atoms. The molecule has 8 heteroatoms. The number of nitrogens with zero attached hydrogens (tertiary/aromatic N) is 1. The third-order valence-corrected chi connectivity index (χ3v) is 4.03. The molecular weight excluding hydrogens is 354 g/mol. The van der Waals surface area contributed by atoms with E-state index in [1.165, 1.54) is 19.3 Å². The summed E-state index contributed by atoms with van der Waals surface area (Å²) in [5.41, 5.74) is 0. The van der Waals surface area contributed by atoms with Crippen molar-refractivity contribution >= 4 is 11.9 Å².